The van der Waals surface area contributed by atoms with Crippen molar-refractivity contribution in [2.75, 3.05) is 19.3 Å². The number of aromatic hydroxyl groups is 1. The molecule has 0 saturated carbocycles. The van der Waals surface area contributed by atoms with E-state index in [1.54, 1.807) is 13.1 Å². The number of rotatable bonds is 3. The Hall–Kier alpha value is -2.73. The first-order valence-electron chi connectivity index (χ1n) is 9.74. The zero-order chi connectivity index (χ0) is 23.4. The van der Waals surface area contributed by atoms with Crippen molar-refractivity contribution < 1.29 is 31.1 Å². The topological polar surface area (TPSA) is 88.3 Å². The van der Waals surface area contributed by atoms with Gasteiger partial charge in [0.1, 0.15) is 5.69 Å². The van der Waals surface area contributed by atoms with Crippen molar-refractivity contribution in [1.82, 2.24) is 19.1 Å². The van der Waals surface area contributed by atoms with Crippen molar-refractivity contribution in [3.8, 4) is 17.0 Å². The molecule has 0 aliphatic carbocycles. The van der Waals surface area contributed by atoms with E-state index in [0.29, 0.717) is 54.7 Å². The molecule has 1 fully saturated rings. The van der Waals surface area contributed by atoms with Gasteiger partial charge in [0.2, 0.25) is 10.0 Å². The Morgan fingerprint density at radius 2 is 1.81 bits per heavy atom. The summed E-state index contributed by atoms with van der Waals surface area (Å²) in [7, 11) is -1.68. The molecule has 32 heavy (non-hydrogen) atoms. The van der Waals surface area contributed by atoms with Crippen LogP contribution in [0.15, 0.2) is 24.4 Å². The van der Waals surface area contributed by atoms with Crippen LogP contribution in [0.4, 0.5) is 17.6 Å². The van der Waals surface area contributed by atoms with Crippen LogP contribution in [-0.4, -0.2) is 51.9 Å². The standard InChI is InChI=1S/C20H20F4N4O3S/c1-27-16-9-15(11-3-5-28(6-4-11)32(2,30)31)25-10-14(16)19(26-27)13-7-12(20(22,23)24)8-17(29)18(13)21/h7-11,29H,3-6H2,1-2H3. The Kier molecular flexibility index (Phi) is 5.40. The second-order valence-corrected chi connectivity index (χ2v) is 9.87. The third-order valence-corrected chi connectivity index (χ3v) is 7.04. The van der Waals surface area contributed by atoms with E-state index in [4.69, 9.17) is 0 Å². The summed E-state index contributed by atoms with van der Waals surface area (Å²) in [5.74, 6) is -2.31. The molecule has 3 aromatic rings. The minimum atomic E-state index is -4.77. The molecule has 2 aromatic heterocycles. The van der Waals surface area contributed by atoms with Gasteiger partial charge in [-0.15, -0.1) is 0 Å². The first-order chi connectivity index (χ1) is 14.9. The summed E-state index contributed by atoms with van der Waals surface area (Å²) in [5.41, 5.74) is -0.488. The molecule has 3 heterocycles. The number of alkyl halides is 3. The molecule has 0 bridgehead atoms. The molecule has 1 aliphatic heterocycles. The maximum Gasteiger partial charge on any atom is 0.416 e. The number of benzene rings is 1. The fourth-order valence-corrected chi connectivity index (χ4v) is 4.89. The van der Waals surface area contributed by atoms with Gasteiger partial charge in [0.25, 0.3) is 0 Å². The summed E-state index contributed by atoms with van der Waals surface area (Å²) >= 11 is 0. The second kappa shape index (κ2) is 7.69. The smallest absolute Gasteiger partial charge is 0.416 e. The molecule has 1 saturated heterocycles. The number of phenolic OH excluding ortho intramolecular Hbond substituents is 1. The molecule has 12 heteroatoms. The second-order valence-electron chi connectivity index (χ2n) is 7.89. The number of phenols is 1. The van der Waals surface area contributed by atoms with Gasteiger partial charge in [0.05, 0.1) is 17.3 Å². The van der Waals surface area contributed by atoms with Crippen LogP contribution in [0.25, 0.3) is 22.2 Å². The molecule has 1 aliphatic rings. The van der Waals surface area contributed by atoms with Crippen LogP contribution < -0.4 is 0 Å². The number of halogens is 4. The summed E-state index contributed by atoms with van der Waals surface area (Å²) in [6.45, 7) is 0.739. The number of nitrogens with zero attached hydrogens (tertiary/aromatic N) is 4. The number of hydrogen-bond donors (Lipinski definition) is 1. The van der Waals surface area contributed by atoms with Crippen molar-refractivity contribution in [2.45, 2.75) is 24.9 Å². The molecule has 0 atom stereocenters. The maximum atomic E-state index is 14.6. The Morgan fingerprint density at radius 1 is 1.16 bits per heavy atom. The molecule has 172 valence electrons. The Morgan fingerprint density at radius 3 is 2.41 bits per heavy atom. The van der Waals surface area contributed by atoms with Gasteiger partial charge in [0.15, 0.2) is 11.6 Å². The molecule has 7 nitrogen and oxygen atoms in total. The van der Waals surface area contributed by atoms with E-state index in [1.807, 2.05) is 0 Å². The highest BCUT2D eigenvalue weighted by atomic mass is 32.2. The number of hydrogen-bond acceptors (Lipinski definition) is 5. The largest absolute Gasteiger partial charge is 0.505 e. The molecule has 0 unspecified atom stereocenters. The first kappa shape index (κ1) is 22.5. The minimum Gasteiger partial charge on any atom is -0.505 e. The molecule has 1 aromatic carbocycles. The number of sulfonamides is 1. The average Bonchev–Trinajstić information content (AvgIpc) is 3.04. The van der Waals surface area contributed by atoms with Crippen LogP contribution >= 0.6 is 0 Å². The van der Waals surface area contributed by atoms with Crippen molar-refractivity contribution >= 4 is 20.9 Å². The van der Waals surface area contributed by atoms with E-state index in [-0.39, 0.29) is 11.6 Å². The zero-order valence-corrected chi connectivity index (χ0v) is 18.0. The zero-order valence-electron chi connectivity index (χ0n) is 17.2. The van der Waals surface area contributed by atoms with Crippen LogP contribution in [0, 0.1) is 5.82 Å². The number of fused-ring (bicyclic) bond motifs is 1. The summed E-state index contributed by atoms with van der Waals surface area (Å²) in [5, 5.41) is 14.2. The SMILES string of the molecule is Cn1nc(-c2cc(C(F)(F)F)cc(O)c2F)c2cnc(C3CCN(S(C)(=O)=O)CC3)cc21. The average molecular weight is 472 g/mol. The number of pyridine rings is 1. The van der Waals surface area contributed by atoms with E-state index >= 15 is 0 Å². The van der Waals surface area contributed by atoms with E-state index < -0.39 is 38.9 Å². The van der Waals surface area contributed by atoms with Gasteiger partial charge in [0, 0.05) is 48.9 Å². The lowest BCUT2D eigenvalue weighted by atomic mass is 9.93. The molecular weight excluding hydrogens is 452 g/mol. The number of aromatic nitrogens is 3. The van der Waals surface area contributed by atoms with Gasteiger partial charge < -0.3 is 5.11 Å². The van der Waals surface area contributed by atoms with Crippen molar-refractivity contribution in [1.29, 1.82) is 0 Å². The lowest BCUT2D eigenvalue weighted by Gasteiger charge is -2.29. The third-order valence-electron chi connectivity index (χ3n) is 5.73. The normalized spacial score (nSPS) is 16.7. The fraction of sp³-hybridized carbons (Fsp3) is 0.400. The summed E-state index contributed by atoms with van der Waals surface area (Å²) in [4.78, 5) is 4.41. The molecule has 0 radical (unpaired) electrons. The maximum absolute atomic E-state index is 14.6. The summed E-state index contributed by atoms with van der Waals surface area (Å²) < 4.78 is 80.3. The van der Waals surface area contributed by atoms with E-state index in [1.165, 1.54) is 21.4 Å². The fourth-order valence-electron chi connectivity index (χ4n) is 4.02. The van der Waals surface area contributed by atoms with Crippen LogP contribution in [-0.2, 0) is 23.2 Å². The predicted octanol–water partition coefficient (Wildman–Crippen LogP) is 3.64. The van der Waals surface area contributed by atoms with E-state index in [0.717, 1.165) is 0 Å². The van der Waals surface area contributed by atoms with E-state index in [2.05, 4.69) is 10.1 Å². The van der Waals surface area contributed by atoms with Gasteiger partial charge in [-0.2, -0.15) is 18.3 Å². The van der Waals surface area contributed by atoms with Crippen LogP contribution in [0.3, 0.4) is 0 Å². The number of aryl methyl sites for hydroxylation is 1. The highest BCUT2D eigenvalue weighted by Crippen LogP contribution is 2.39. The molecule has 4 rings (SSSR count). The first-order valence-corrected chi connectivity index (χ1v) is 11.6. The van der Waals surface area contributed by atoms with Gasteiger partial charge in [-0.05, 0) is 31.0 Å². The van der Waals surface area contributed by atoms with Crippen molar-refractivity contribution in [3.05, 3.63) is 41.5 Å². The predicted molar refractivity (Wildman–Crippen MR) is 109 cm³/mol. The van der Waals surface area contributed by atoms with Crippen LogP contribution in [0.1, 0.15) is 30.0 Å². The molecule has 0 spiro atoms. The lowest BCUT2D eigenvalue weighted by Crippen LogP contribution is -2.37. The van der Waals surface area contributed by atoms with Gasteiger partial charge >= 0.3 is 6.18 Å². The lowest BCUT2D eigenvalue weighted by molar-refractivity contribution is -0.137. The Balaban J connectivity index is 1.73. The molecule has 0 amide bonds. The molecular formula is C20H20F4N4O3S. The van der Waals surface area contributed by atoms with Gasteiger partial charge in [-0.25, -0.2) is 17.1 Å². The van der Waals surface area contributed by atoms with Crippen LogP contribution in [0.5, 0.6) is 5.75 Å². The monoisotopic (exact) mass is 472 g/mol. The highest BCUT2D eigenvalue weighted by molar-refractivity contribution is 7.88. The summed E-state index contributed by atoms with van der Waals surface area (Å²) in [6, 6.07) is 2.69. The Labute approximate surface area is 181 Å². The summed E-state index contributed by atoms with van der Waals surface area (Å²) in [6.07, 6.45) is -1.03. The van der Waals surface area contributed by atoms with Crippen LogP contribution in [0.2, 0.25) is 0 Å². The van der Waals surface area contributed by atoms with Crippen molar-refractivity contribution in [2.24, 2.45) is 7.05 Å². The van der Waals surface area contributed by atoms with Gasteiger partial charge in [-0.3, -0.25) is 9.67 Å². The van der Waals surface area contributed by atoms with Gasteiger partial charge in [-0.1, -0.05) is 0 Å². The quantitative estimate of drug-likeness (QED) is 0.588. The number of piperidine rings is 1. The highest BCUT2D eigenvalue weighted by Gasteiger charge is 2.33. The van der Waals surface area contributed by atoms with Crippen molar-refractivity contribution in [3.63, 3.8) is 0 Å². The van der Waals surface area contributed by atoms with E-state index in [9.17, 15) is 31.1 Å². The minimum absolute atomic E-state index is 0.00471. The third kappa shape index (κ3) is 4.04. The Bertz CT molecular complexity index is 1300. The molecule has 1 N–H and O–H groups in total.